The predicted octanol–water partition coefficient (Wildman–Crippen LogP) is 21.3. The van der Waals surface area contributed by atoms with Crippen molar-refractivity contribution in [3.05, 3.63) is 0 Å². The Balaban J connectivity index is 5.20. The van der Waals surface area contributed by atoms with Gasteiger partial charge in [0, 0.05) is 25.7 Å². The molecule has 0 aromatic rings. The molecule has 93 heavy (non-hydrogen) atoms. The molecule has 0 heterocycles. The van der Waals surface area contributed by atoms with Gasteiger partial charge in [-0.05, 0) is 49.4 Å². The average Bonchev–Trinajstić information content (AvgIpc) is 3.63. The molecule has 0 saturated carbocycles. The summed E-state index contributed by atoms with van der Waals surface area (Å²) in [7, 11) is -9.91. The average molecular weight is 1370 g/mol. The Morgan fingerprint density at radius 3 is 0.667 bits per heavy atom. The van der Waals surface area contributed by atoms with Gasteiger partial charge in [0.15, 0.2) is 12.2 Å². The van der Waals surface area contributed by atoms with Crippen molar-refractivity contribution >= 4 is 39.5 Å². The molecule has 0 bridgehead atoms. The Kier molecular flexibility index (Phi) is 62.2. The van der Waals surface area contributed by atoms with Crippen LogP contribution in [-0.2, 0) is 65.4 Å². The van der Waals surface area contributed by atoms with Crippen LogP contribution in [-0.4, -0.2) is 96.7 Å². The van der Waals surface area contributed by atoms with Crippen LogP contribution in [0, 0.1) is 23.7 Å². The summed E-state index contributed by atoms with van der Waals surface area (Å²) in [6.07, 6.45) is 47.6. The number of carbonyl (C=O) groups excluding carboxylic acids is 4. The predicted molar refractivity (Wildman–Crippen MR) is 377 cm³/mol. The molecule has 0 radical (unpaired) electrons. The van der Waals surface area contributed by atoms with E-state index in [4.69, 9.17) is 37.0 Å². The number of hydrogen-bond donors (Lipinski definition) is 3. The van der Waals surface area contributed by atoms with Crippen LogP contribution < -0.4 is 0 Å². The van der Waals surface area contributed by atoms with Gasteiger partial charge in [0.1, 0.15) is 19.3 Å². The molecule has 0 aromatic heterocycles. The van der Waals surface area contributed by atoms with Gasteiger partial charge in [0.25, 0.3) is 0 Å². The van der Waals surface area contributed by atoms with Crippen LogP contribution in [0.1, 0.15) is 370 Å². The Hall–Kier alpha value is -1.94. The van der Waals surface area contributed by atoms with Crippen LogP contribution in [0.2, 0.25) is 0 Å². The van der Waals surface area contributed by atoms with Crippen LogP contribution in [0.15, 0.2) is 0 Å². The molecule has 0 aliphatic heterocycles. The second kappa shape index (κ2) is 63.5. The van der Waals surface area contributed by atoms with Gasteiger partial charge in [-0.1, -0.05) is 319 Å². The minimum absolute atomic E-state index is 0.101. The SMILES string of the molecule is CC(C)CCCCCCCCCCCCCCCCCC(=O)O[C@H](COC(=O)CCCCCCCCCCCCCCCCC(C)C)COP(=O)(O)OC[C@@H](O)COP(=O)(O)OC[C@@H](COC(=O)CCCCCCCCC(C)C)OC(=O)CCCCCCCCC(C)C. The van der Waals surface area contributed by atoms with Crippen LogP contribution in [0.25, 0.3) is 0 Å². The van der Waals surface area contributed by atoms with E-state index in [0.29, 0.717) is 37.5 Å². The van der Waals surface area contributed by atoms with Crippen LogP contribution in [0.4, 0.5) is 0 Å². The number of hydrogen-bond acceptors (Lipinski definition) is 15. The zero-order valence-corrected chi connectivity index (χ0v) is 62.7. The van der Waals surface area contributed by atoms with Crippen LogP contribution >= 0.6 is 15.6 Å². The fourth-order valence-corrected chi connectivity index (χ4v) is 12.8. The first kappa shape index (κ1) is 91.1. The Morgan fingerprint density at radius 1 is 0.269 bits per heavy atom. The van der Waals surface area contributed by atoms with Gasteiger partial charge >= 0.3 is 39.5 Å². The first-order valence-electron chi connectivity index (χ1n) is 38.2. The smallest absolute Gasteiger partial charge is 0.462 e. The zero-order valence-electron chi connectivity index (χ0n) is 60.9. The fourth-order valence-electron chi connectivity index (χ4n) is 11.2. The number of rotatable bonds is 71. The summed E-state index contributed by atoms with van der Waals surface area (Å²) in [5, 5.41) is 10.6. The zero-order chi connectivity index (χ0) is 68.9. The highest BCUT2D eigenvalue weighted by molar-refractivity contribution is 7.47. The largest absolute Gasteiger partial charge is 0.472 e. The Bertz CT molecular complexity index is 1830. The molecule has 0 fully saturated rings. The molecule has 552 valence electrons. The molecular formula is C74H144O17P2. The van der Waals surface area contributed by atoms with E-state index in [9.17, 15) is 43.2 Å². The second-order valence-corrected chi connectivity index (χ2v) is 31.5. The minimum Gasteiger partial charge on any atom is -0.462 e. The van der Waals surface area contributed by atoms with Crippen molar-refractivity contribution in [3.8, 4) is 0 Å². The maximum atomic E-state index is 13.1. The van der Waals surface area contributed by atoms with Gasteiger partial charge in [0.05, 0.1) is 26.4 Å². The molecule has 5 atom stereocenters. The lowest BCUT2D eigenvalue weighted by Crippen LogP contribution is -2.30. The van der Waals surface area contributed by atoms with Crippen molar-refractivity contribution in [1.82, 2.24) is 0 Å². The number of phosphoric ester groups is 2. The van der Waals surface area contributed by atoms with Crippen molar-refractivity contribution < 1.29 is 80.2 Å². The van der Waals surface area contributed by atoms with Gasteiger partial charge in [-0.3, -0.25) is 37.3 Å². The van der Waals surface area contributed by atoms with Crippen molar-refractivity contribution in [3.63, 3.8) is 0 Å². The molecule has 0 aliphatic rings. The third-order valence-corrected chi connectivity index (χ3v) is 19.0. The molecule has 0 aromatic carbocycles. The van der Waals surface area contributed by atoms with Crippen molar-refractivity contribution in [1.29, 1.82) is 0 Å². The molecule has 2 unspecified atom stereocenters. The Morgan fingerprint density at radius 2 is 0.452 bits per heavy atom. The van der Waals surface area contributed by atoms with Gasteiger partial charge in [-0.2, -0.15) is 0 Å². The highest BCUT2D eigenvalue weighted by Gasteiger charge is 2.30. The van der Waals surface area contributed by atoms with E-state index in [1.807, 2.05) is 0 Å². The maximum absolute atomic E-state index is 13.1. The van der Waals surface area contributed by atoms with Crippen LogP contribution in [0.5, 0.6) is 0 Å². The summed E-state index contributed by atoms with van der Waals surface area (Å²) < 4.78 is 68.3. The summed E-state index contributed by atoms with van der Waals surface area (Å²) >= 11 is 0. The number of phosphoric acid groups is 2. The van der Waals surface area contributed by atoms with Crippen molar-refractivity contribution in [2.75, 3.05) is 39.6 Å². The van der Waals surface area contributed by atoms with Crippen molar-refractivity contribution in [2.45, 2.75) is 388 Å². The standard InChI is InChI=1S/C74H144O17P2/c1-64(2)50-42-34-26-22-18-14-10-9-11-17-21-25-29-40-48-56-73(78)90-69(60-84-71(76)54-46-38-28-24-20-16-13-12-15-19-23-27-35-43-51-65(3)4)62-88-92(80,81)86-58-68(75)59-87-93(82,83)89-63-70(91-74(79)57-49-41-33-31-37-45-53-67(7)8)61-85-72(77)55-47-39-32-30-36-44-52-66(5)6/h64-70,75H,9-63H2,1-8H3,(H,80,81)(H,82,83)/t68-,69-,70-/m1/s1. The lowest BCUT2D eigenvalue weighted by molar-refractivity contribution is -0.161. The molecule has 17 nitrogen and oxygen atoms in total. The third-order valence-electron chi connectivity index (χ3n) is 17.1. The number of aliphatic hydroxyl groups is 1. The fraction of sp³-hybridized carbons (Fsp3) is 0.946. The Labute approximate surface area is 568 Å². The maximum Gasteiger partial charge on any atom is 0.472 e. The molecule has 0 rings (SSSR count). The van der Waals surface area contributed by atoms with E-state index in [1.165, 1.54) is 167 Å². The molecule has 3 N–H and O–H groups in total. The summed E-state index contributed by atoms with van der Waals surface area (Å²) in [6.45, 7) is 14.1. The molecule has 0 aliphatic carbocycles. The summed E-state index contributed by atoms with van der Waals surface area (Å²) in [5.41, 5.74) is 0. The monoisotopic (exact) mass is 1370 g/mol. The first-order chi connectivity index (χ1) is 44.6. The topological polar surface area (TPSA) is 237 Å². The minimum atomic E-state index is -4.96. The first-order valence-corrected chi connectivity index (χ1v) is 41.2. The molecule has 19 heteroatoms. The van der Waals surface area contributed by atoms with E-state index in [2.05, 4.69) is 55.4 Å². The molecular weight excluding hydrogens is 1220 g/mol. The highest BCUT2D eigenvalue weighted by atomic mass is 31.2. The van der Waals surface area contributed by atoms with Crippen LogP contribution in [0.3, 0.4) is 0 Å². The van der Waals surface area contributed by atoms with E-state index < -0.39 is 97.5 Å². The number of ether oxygens (including phenoxy) is 4. The third kappa shape index (κ3) is 68.4. The van der Waals surface area contributed by atoms with E-state index in [0.717, 1.165) is 108 Å². The number of unbranched alkanes of at least 4 members (excludes halogenated alkanes) is 37. The highest BCUT2D eigenvalue weighted by Crippen LogP contribution is 2.45. The normalized spacial score (nSPS) is 14.2. The summed E-state index contributed by atoms with van der Waals surface area (Å²) in [6, 6.07) is 0. The molecule has 0 saturated heterocycles. The van der Waals surface area contributed by atoms with Crippen molar-refractivity contribution in [2.24, 2.45) is 23.7 Å². The summed E-state index contributed by atoms with van der Waals surface area (Å²) in [4.78, 5) is 72.6. The summed E-state index contributed by atoms with van der Waals surface area (Å²) in [5.74, 6) is 0.821. The van der Waals surface area contributed by atoms with Gasteiger partial charge < -0.3 is 33.8 Å². The number of aliphatic hydroxyl groups excluding tert-OH is 1. The number of esters is 4. The number of carbonyl (C=O) groups is 4. The van der Waals surface area contributed by atoms with E-state index in [1.54, 1.807) is 0 Å². The molecule has 0 amide bonds. The van der Waals surface area contributed by atoms with E-state index >= 15 is 0 Å². The quantitative estimate of drug-likeness (QED) is 0.0222. The van der Waals surface area contributed by atoms with E-state index in [-0.39, 0.29) is 25.7 Å². The lowest BCUT2D eigenvalue weighted by Gasteiger charge is -2.21. The lowest BCUT2D eigenvalue weighted by atomic mass is 10.0. The van der Waals surface area contributed by atoms with Gasteiger partial charge in [0.2, 0.25) is 0 Å². The van der Waals surface area contributed by atoms with Gasteiger partial charge in [-0.25, -0.2) is 9.13 Å². The van der Waals surface area contributed by atoms with Gasteiger partial charge in [-0.15, -0.1) is 0 Å². The molecule has 0 spiro atoms. The second-order valence-electron chi connectivity index (χ2n) is 28.6.